The van der Waals surface area contributed by atoms with E-state index in [4.69, 9.17) is 4.74 Å². The van der Waals surface area contributed by atoms with Gasteiger partial charge in [-0.1, -0.05) is 6.07 Å². The Hall–Kier alpha value is -1.72. The molecule has 112 valence electrons. The van der Waals surface area contributed by atoms with Crippen molar-refractivity contribution in [3.05, 3.63) is 48.3 Å². The number of hydrogen-bond acceptors (Lipinski definition) is 4. The lowest BCUT2D eigenvalue weighted by molar-refractivity contribution is 0.121. The Morgan fingerprint density at radius 3 is 3.00 bits per heavy atom. The van der Waals surface area contributed by atoms with Crippen LogP contribution in [0.4, 0.5) is 0 Å². The molecule has 1 fully saturated rings. The summed E-state index contributed by atoms with van der Waals surface area (Å²) in [7, 11) is 2.04. The smallest absolute Gasteiger partial charge is 0.122 e. The molecule has 3 rings (SSSR count). The molecule has 0 spiro atoms. The average Bonchev–Trinajstić information content (AvgIpc) is 2.76. The Kier molecular flexibility index (Phi) is 4.62. The molecule has 0 aliphatic carbocycles. The molecular formula is C16H22N4O. The molecule has 21 heavy (non-hydrogen) atoms. The molecule has 1 aliphatic heterocycles. The lowest BCUT2D eigenvalue weighted by Crippen LogP contribution is -2.31. The van der Waals surface area contributed by atoms with Crippen molar-refractivity contribution in [2.45, 2.75) is 13.0 Å². The first-order valence-electron chi connectivity index (χ1n) is 7.47. The van der Waals surface area contributed by atoms with E-state index in [1.165, 1.54) is 0 Å². The van der Waals surface area contributed by atoms with Gasteiger partial charge in [-0.15, -0.1) is 0 Å². The summed E-state index contributed by atoms with van der Waals surface area (Å²) in [5.74, 6) is 1.59. The summed E-state index contributed by atoms with van der Waals surface area (Å²) in [5.41, 5.74) is 1.14. The van der Waals surface area contributed by atoms with Crippen molar-refractivity contribution in [2.24, 2.45) is 13.0 Å². The van der Waals surface area contributed by atoms with Crippen molar-refractivity contribution in [3.8, 4) is 0 Å². The van der Waals surface area contributed by atoms with Gasteiger partial charge >= 0.3 is 0 Å². The van der Waals surface area contributed by atoms with E-state index in [0.717, 1.165) is 50.8 Å². The number of ether oxygens (including phenoxy) is 1. The van der Waals surface area contributed by atoms with Crippen molar-refractivity contribution >= 4 is 0 Å². The Morgan fingerprint density at radius 2 is 2.24 bits per heavy atom. The maximum absolute atomic E-state index is 5.76. The Bertz CT molecular complexity index is 554. The zero-order valence-electron chi connectivity index (χ0n) is 12.5. The van der Waals surface area contributed by atoms with Gasteiger partial charge in [0.05, 0.1) is 19.8 Å². The summed E-state index contributed by atoms with van der Waals surface area (Å²) in [6.45, 7) is 4.48. The number of nitrogens with zero attached hydrogens (tertiary/aromatic N) is 4. The fourth-order valence-corrected chi connectivity index (χ4v) is 2.78. The normalized spacial score (nSPS) is 20.3. The summed E-state index contributed by atoms with van der Waals surface area (Å²) in [6.07, 6.45) is 6.68. The Balaban J connectivity index is 1.62. The molecule has 0 N–H and O–H groups in total. The van der Waals surface area contributed by atoms with Crippen LogP contribution < -0.4 is 0 Å². The second kappa shape index (κ2) is 6.83. The number of hydrogen-bond donors (Lipinski definition) is 0. The molecule has 1 atom stereocenters. The Morgan fingerprint density at radius 1 is 1.29 bits per heavy atom. The first-order valence-corrected chi connectivity index (χ1v) is 7.47. The third kappa shape index (κ3) is 3.89. The predicted octanol–water partition coefficient (Wildman–Crippen LogP) is 1.51. The molecule has 0 radical (unpaired) electrons. The van der Waals surface area contributed by atoms with Gasteiger partial charge in [-0.25, -0.2) is 4.98 Å². The van der Waals surface area contributed by atoms with E-state index >= 15 is 0 Å². The minimum atomic E-state index is 0.489. The molecule has 5 nitrogen and oxygen atoms in total. The highest BCUT2D eigenvalue weighted by molar-refractivity contribution is 5.04. The Labute approximate surface area is 125 Å². The van der Waals surface area contributed by atoms with Crippen LogP contribution in [-0.4, -0.2) is 45.7 Å². The van der Waals surface area contributed by atoms with E-state index in [-0.39, 0.29) is 0 Å². The molecule has 1 aliphatic rings. The number of rotatable bonds is 4. The fraction of sp³-hybridized carbons (Fsp3) is 0.500. The summed E-state index contributed by atoms with van der Waals surface area (Å²) >= 11 is 0. The minimum absolute atomic E-state index is 0.489. The van der Waals surface area contributed by atoms with Crippen LogP contribution in [0.5, 0.6) is 0 Å². The second-order valence-electron chi connectivity index (χ2n) is 5.66. The van der Waals surface area contributed by atoms with Crippen molar-refractivity contribution in [1.29, 1.82) is 0 Å². The predicted molar refractivity (Wildman–Crippen MR) is 80.7 cm³/mol. The van der Waals surface area contributed by atoms with E-state index in [1.807, 2.05) is 37.8 Å². The van der Waals surface area contributed by atoms with Gasteiger partial charge in [-0.2, -0.15) is 0 Å². The molecule has 0 bridgehead atoms. The first-order chi connectivity index (χ1) is 10.3. The van der Waals surface area contributed by atoms with Gasteiger partial charge in [-0.05, 0) is 18.6 Å². The van der Waals surface area contributed by atoms with Crippen molar-refractivity contribution in [2.75, 3.05) is 26.3 Å². The molecule has 1 saturated heterocycles. The second-order valence-corrected chi connectivity index (χ2v) is 5.66. The minimum Gasteiger partial charge on any atom is -0.380 e. The van der Waals surface area contributed by atoms with E-state index in [1.54, 1.807) is 0 Å². The van der Waals surface area contributed by atoms with Crippen LogP contribution in [0.3, 0.4) is 0 Å². The highest BCUT2D eigenvalue weighted by Gasteiger charge is 2.20. The van der Waals surface area contributed by atoms with Crippen LogP contribution in [0.15, 0.2) is 36.8 Å². The molecular weight excluding hydrogens is 264 g/mol. The van der Waals surface area contributed by atoms with Crippen LogP contribution in [0.2, 0.25) is 0 Å². The standard InChI is InChI=1S/C16H22N4O/c1-19-7-6-18-16(19)12-20-8-9-21-13-14(11-20)10-15-4-2-3-5-17-15/h2-7,14H,8-13H2,1H3. The summed E-state index contributed by atoms with van der Waals surface area (Å²) < 4.78 is 7.85. The molecule has 1 unspecified atom stereocenters. The van der Waals surface area contributed by atoms with Crippen molar-refractivity contribution in [3.63, 3.8) is 0 Å². The summed E-state index contributed by atoms with van der Waals surface area (Å²) in [6, 6.07) is 6.10. The molecule has 0 saturated carbocycles. The molecule has 0 amide bonds. The number of pyridine rings is 1. The van der Waals surface area contributed by atoms with E-state index in [2.05, 4.69) is 25.5 Å². The number of aryl methyl sites for hydroxylation is 1. The molecule has 3 heterocycles. The molecule has 2 aromatic heterocycles. The van der Waals surface area contributed by atoms with Crippen LogP contribution in [0.25, 0.3) is 0 Å². The summed E-state index contributed by atoms with van der Waals surface area (Å²) in [5, 5.41) is 0. The van der Waals surface area contributed by atoms with Crippen LogP contribution in [-0.2, 0) is 24.8 Å². The lowest BCUT2D eigenvalue weighted by atomic mass is 10.0. The quantitative estimate of drug-likeness (QED) is 0.854. The number of aromatic nitrogens is 3. The van der Waals surface area contributed by atoms with Crippen LogP contribution >= 0.6 is 0 Å². The zero-order chi connectivity index (χ0) is 14.5. The largest absolute Gasteiger partial charge is 0.380 e. The van der Waals surface area contributed by atoms with Crippen molar-refractivity contribution in [1.82, 2.24) is 19.4 Å². The molecule has 2 aromatic rings. The maximum atomic E-state index is 5.76. The number of imidazole rings is 1. The third-order valence-electron chi connectivity index (χ3n) is 3.93. The fourth-order valence-electron chi connectivity index (χ4n) is 2.78. The van der Waals surface area contributed by atoms with Gasteiger partial charge < -0.3 is 9.30 Å². The van der Waals surface area contributed by atoms with E-state index in [0.29, 0.717) is 5.92 Å². The first kappa shape index (κ1) is 14.2. The van der Waals surface area contributed by atoms with Gasteiger partial charge in [0.15, 0.2) is 0 Å². The van der Waals surface area contributed by atoms with Crippen LogP contribution in [0.1, 0.15) is 11.5 Å². The van der Waals surface area contributed by atoms with Gasteiger partial charge in [-0.3, -0.25) is 9.88 Å². The zero-order valence-corrected chi connectivity index (χ0v) is 12.5. The van der Waals surface area contributed by atoms with E-state index in [9.17, 15) is 0 Å². The highest BCUT2D eigenvalue weighted by atomic mass is 16.5. The lowest BCUT2D eigenvalue weighted by Gasteiger charge is -2.22. The average molecular weight is 286 g/mol. The van der Waals surface area contributed by atoms with Crippen LogP contribution in [0, 0.1) is 5.92 Å². The monoisotopic (exact) mass is 286 g/mol. The molecule has 0 aromatic carbocycles. The topological polar surface area (TPSA) is 43.2 Å². The highest BCUT2D eigenvalue weighted by Crippen LogP contribution is 2.14. The molecule has 5 heteroatoms. The maximum Gasteiger partial charge on any atom is 0.122 e. The van der Waals surface area contributed by atoms with Gasteiger partial charge in [0.2, 0.25) is 0 Å². The SMILES string of the molecule is Cn1ccnc1CN1CCOCC(Cc2ccccn2)C1. The van der Waals surface area contributed by atoms with Gasteiger partial charge in [0, 0.05) is 50.3 Å². The van der Waals surface area contributed by atoms with Gasteiger partial charge in [0.1, 0.15) is 5.82 Å². The third-order valence-corrected chi connectivity index (χ3v) is 3.93. The van der Waals surface area contributed by atoms with Gasteiger partial charge in [0.25, 0.3) is 0 Å². The summed E-state index contributed by atoms with van der Waals surface area (Å²) in [4.78, 5) is 11.3. The van der Waals surface area contributed by atoms with Crippen molar-refractivity contribution < 1.29 is 4.74 Å². The van der Waals surface area contributed by atoms with E-state index < -0.39 is 0 Å².